The van der Waals surface area contributed by atoms with E-state index in [4.69, 9.17) is 0 Å². The normalized spacial score (nSPS) is 19.8. The van der Waals surface area contributed by atoms with Gasteiger partial charge in [0.2, 0.25) is 0 Å². The monoisotopic (exact) mass is 289 g/mol. The maximum Gasteiger partial charge on any atom is 0.325 e. The second-order valence-electron chi connectivity index (χ2n) is 5.58. The van der Waals surface area contributed by atoms with E-state index in [1.165, 1.54) is 6.07 Å². The summed E-state index contributed by atoms with van der Waals surface area (Å²) < 4.78 is 2.06. The van der Waals surface area contributed by atoms with Crippen LogP contribution in [0.1, 0.15) is 30.3 Å². The van der Waals surface area contributed by atoms with Crippen LogP contribution in [0.5, 0.6) is 0 Å². The van der Waals surface area contributed by atoms with Gasteiger partial charge in [0.1, 0.15) is 5.82 Å². The third-order valence-corrected chi connectivity index (χ3v) is 3.94. The van der Waals surface area contributed by atoms with Crippen LogP contribution in [0.2, 0.25) is 0 Å². The van der Waals surface area contributed by atoms with E-state index >= 15 is 0 Å². The summed E-state index contributed by atoms with van der Waals surface area (Å²) in [6.07, 6.45) is 5.99. The van der Waals surface area contributed by atoms with Crippen LogP contribution in [0, 0.1) is 0 Å². The zero-order valence-electron chi connectivity index (χ0n) is 12.0. The molecule has 0 amide bonds. The van der Waals surface area contributed by atoms with E-state index in [1.54, 1.807) is 0 Å². The molecule has 0 bridgehead atoms. The van der Waals surface area contributed by atoms with Gasteiger partial charge < -0.3 is 9.55 Å². The number of hydrogen-bond donors (Lipinski definition) is 2. The number of likely N-dealkylation sites (tertiary alicyclic amines) is 1. The average Bonchev–Trinajstić information content (AvgIpc) is 2.84. The molecule has 2 aromatic heterocycles. The fourth-order valence-corrected chi connectivity index (χ4v) is 3.03. The summed E-state index contributed by atoms with van der Waals surface area (Å²) in [5.74, 6) is 1.49. The summed E-state index contributed by atoms with van der Waals surface area (Å²) in [6.45, 7) is 2.44. The number of aromatic amines is 2. The van der Waals surface area contributed by atoms with Gasteiger partial charge in [-0.2, -0.15) is 0 Å². The highest BCUT2D eigenvalue weighted by molar-refractivity contribution is 5.04. The highest BCUT2D eigenvalue weighted by atomic mass is 16.2. The Hall–Kier alpha value is -2.15. The minimum Gasteiger partial charge on any atom is -0.338 e. The van der Waals surface area contributed by atoms with Gasteiger partial charge in [0.05, 0.1) is 0 Å². The zero-order valence-corrected chi connectivity index (χ0v) is 12.0. The van der Waals surface area contributed by atoms with Crippen molar-refractivity contribution in [2.24, 2.45) is 7.05 Å². The molecule has 1 aliphatic rings. The number of nitrogens with one attached hydrogen (secondary N) is 2. The van der Waals surface area contributed by atoms with Crippen LogP contribution in [-0.2, 0) is 13.6 Å². The van der Waals surface area contributed by atoms with Crippen LogP contribution in [0.15, 0.2) is 28.0 Å². The largest absolute Gasteiger partial charge is 0.338 e. The molecule has 0 aliphatic carbocycles. The van der Waals surface area contributed by atoms with Crippen LogP contribution in [-0.4, -0.2) is 37.5 Å². The third-order valence-electron chi connectivity index (χ3n) is 3.94. The first-order valence-electron chi connectivity index (χ1n) is 7.14. The molecular weight excluding hydrogens is 270 g/mol. The number of nitrogens with zero attached hydrogens (tertiary/aromatic N) is 3. The van der Waals surface area contributed by atoms with E-state index in [-0.39, 0.29) is 5.56 Å². The Morgan fingerprint density at radius 1 is 1.38 bits per heavy atom. The maximum absolute atomic E-state index is 11.3. The molecule has 7 heteroatoms. The van der Waals surface area contributed by atoms with Gasteiger partial charge in [-0.15, -0.1) is 0 Å². The zero-order chi connectivity index (χ0) is 14.8. The lowest BCUT2D eigenvalue weighted by Gasteiger charge is -2.32. The Labute approximate surface area is 121 Å². The molecule has 7 nitrogen and oxygen atoms in total. The maximum atomic E-state index is 11.3. The van der Waals surface area contributed by atoms with Crippen molar-refractivity contribution in [3.8, 4) is 0 Å². The van der Waals surface area contributed by atoms with E-state index in [2.05, 4.69) is 24.4 Å². The number of aryl methyl sites for hydroxylation is 1. The van der Waals surface area contributed by atoms with Crippen LogP contribution < -0.4 is 11.2 Å². The van der Waals surface area contributed by atoms with Crippen molar-refractivity contribution in [3.05, 3.63) is 50.8 Å². The predicted octanol–water partition coefficient (Wildman–Crippen LogP) is 0.176. The van der Waals surface area contributed by atoms with E-state index in [1.807, 2.05) is 19.4 Å². The van der Waals surface area contributed by atoms with Crippen molar-refractivity contribution < 1.29 is 0 Å². The highest BCUT2D eigenvalue weighted by Crippen LogP contribution is 2.25. The van der Waals surface area contributed by atoms with Gasteiger partial charge in [0, 0.05) is 50.2 Å². The molecule has 1 atom stereocenters. The van der Waals surface area contributed by atoms with E-state index in [0.29, 0.717) is 18.2 Å². The van der Waals surface area contributed by atoms with Crippen molar-refractivity contribution in [2.75, 3.05) is 13.1 Å². The van der Waals surface area contributed by atoms with E-state index in [0.717, 1.165) is 31.8 Å². The number of rotatable bonds is 3. The van der Waals surface area contributed by atoms with E-state index < -0.39 is 5.69 Å². The molecule has 0 saturated carbocycles. The van der Waals surface area contributed by atoms with Crippen LogP contribution in [0.4, 0.5) is 0 Å². The lowest BCUT2D eigenvalue weighted by atomic mass is 9.97. The van der Waals surface area contributed by atoms with Gasteiger partial charge in [-0.3, -0.25) is 14.7 Å². The van der Waals surface area contributed by atoms with Crippen molar-refractivity contribution in [1.29, 1.82) is 0 Å². The number of hydrogen-bond acceptors (Lipinski definition) is 4. The number of piperidine rings is 1. The fourth-order valence-electron chi connectivity index (χ4n) is 3.03. The Kier molecular flexibility index (Phi) is 3.74. The molecule has 2 N–H and O–H groups in total. The summed E-state index contributed by atoms with van der Waals surface area (Å²) in [7, 11) is 2.01. The third kappa shape index (κ3) is 3.13. The van der Waals surface area contributed by atoms with Crippen LogP contribution in [0.3, 0.4) is 0 Å². The topological polar surface area (TPSA) is 86.8 Å². The first kappa shape index (κ1) is 13.8. The van der Waals surface area contributed by atoms with Crippen molar-refractivity contribution in [3.63, 3.8) is 0 Å². The molecule has 112 valence electrons. The van der Waals surface area contributed by atoms with Crippen molar-refractivity contribution in [1.82, 2.24) is 24.4 Å². The Balaban J connectivity index is 1.73. The van der Waals surface area contributed by atoms with Gasteiger partial charge in [0.25, 0.3) is 5.56 Å². The van der Waals surface area contributed by atoms with Gasteiger partial charge in [-0.25, -0.2) is 9.78 Å². The van der Waals surface area contributed by atoms with Crippen molar-refractivity contribution in [2.45, 2.75) is 25.3 Å². The smallest absolute Gasteiger partial charge is 0.325 e. The SMILES string of the molecule is Cn1ccnc1C1CCCN(Cc2cc(=O)[nH]c(=O)[nH]2)C1. The minimum absolute atomic E-state index is 0.355. The molecule has 3 rings (SSSR count). The quantitative estimate of drug-likeness (QED) is 0.843. The lowest BCUT2D eigenvalue weighted by Crippen LogP contribution is -2.36. The molecule has 0 aromatic carbocycles. The summed E-state index contributed by atoms with van der Waals surface area (Å²) in [6, 6.07) is 1.45. The molecule has 2 aromatic rings. The lowest BCUT2D eigenvalue weighted by molar-refractivity contribution is 0.193. The standard InChI is InChI=1S/C14H19N5O2/c1-18-6-4-15-13(18)10-3-2-5-19(8-10)9-11-7-12(20)17-14(21)16-11/h4,6-7,10H,2-3,5,8-9H2,1H3,(H2,16,17,20,21). The highest BCUT2D eigenvalue weighted by Gasteiger charge is 2.24. The minimum atomic E-state index is -0.449. The Morgan fingerprint density at radius 3 is 2.95 bits per heavy atom. The fraction of sp³-hybridized carbons (Fsp3) is 0.500. The molecule has 1 aliphatic heterocycles. The van der Waals surface area contributed by atoms with E-state index in [9.17, 15) is 9.59 Å². The molecule has 1 saturated heterocycles. The molecule has 0 radical (unpaired) electrons. The molecule has 0 spiro atoms. The molecule has 3 heterocycles. The van der Waals surface area contributed by atoms with Gasteiger partial charge >= 0.3 is 5.69 Å². The Bertz CT molecular complexity index is 701. The van der Waals surface area contributed by atoms with Crippen LogP contribution in [0.25, 0.3) is 0 Å². The summed E-state index contributed by atoms with van der Waals surface area (Å²) in [5, 5.41) is 0. The van der Waals surface area contributed by atoms with Crippen molar-refractivity contribution >= 4 is 0 Å². The summed E-state index contributed by atoms with van der Waals surface area (Å²) in [4.78, 5) is 34.2. The van der Waals surface area contributed by atoms with Gasteiger partial charge in [-0.1, -0.05) is 0 Å². The molecule has 1 fully saturated rings. The van der Waals surface area contributed by atoms with Gasteiger partial charge in [-0.05, 0) is 19.4 Å². The Morgan fingerprint density at radius 2 is 2.24 bits per heavy atom. The number of imidazole rings is 1. The second-order valence-corrected chi connectivity index (χ2v) is 5.58. The molecule has 21 heavy (non-hydrogen) atoms. The molecular formula is C14H19N5O2. The number of aromatic nitrogens is 4. The van der Waals surface area contributed by atoms with Gasteiger partial charge in [0.15, 0.2) is 0 Å². The summed E-state index contributed by atoms with van der Waals surface area (Å²) in [5.41, 5.74) is -0.147. The first-order valence-corrected chi connectivity index (χ1v) is 7.14. The molecule has 1 unspecified atom stereocenters. The summed E-state index contributed by atoms with van der Waals surface area (Å²) >= 11 is 0. The number of H-pyrrole nitrogens is 2. The average molecular weight is 289 g/mol. The first-order chi connectivity index (χ1) is 10.1. The predicted molar refractivity (Wildman–Crippen MR) is 78.1 cm³/mol. The van der Waals surface area contributed by atoms with Crippen LogP contribution >= 0.6 is 0 Å². The second kappa shape index (κ2) is 5.69.